The fourth-order valence-corrected chi connectivity index (χ4v) is 8.28. The lowest BCUT2D eigenvalue weighted by Crippen LogP contribution is -2.46. The lowest BCUT2D eigenvalue weighted by Gasteiger charge is -2.30. The number of nitrogens with zero attached hydrogens (tertiary/aromatic N) is 4. The molecule has 29 heteroatoms. The van der Waals surface area contributed by atoms with Gasteiger partial charge in [-0.05, 0) is 13.3 Å². The standard InChI is InChI=1S/C26H45N8O17P3S/c1-5-26(4,28)24(39)55-9-8-29-15(35)6-7-30-22(38)19(37)25(2,3)11-48-54(45,46)51-53(43,44)47-10-14-18(50-52(40,41)42)17(36)23(49-14)34-13-33-16-20(27)31-12-32-21(16)34/h12-14,17-19,23,36-37H,5-11,28H2,1-4H3,(H,29,35)(H,30,38)(H,43,44)(H,45,46)(H2,27,31,32)(H2,40,41,42)/t14-,17-,18-,19+,23-,26+/m1/s1. The highest BCUT2D eigenvalue weighted by molar-refractivity contribution is 8.13. The molecule has 2 amide bonds. The summed E-state index contributed by atoms with van der Waals surface area (Å²) in [6.07, 6.45) is -6.51. The van der Waals surface area contributed by atoms with E-state index in [9.17, 15) is 57.9 Å². The summed E-state index contributed by atoms with van der Waals surface area (Å²) in [5, 5.41) is 26.1. The molecule has 0 aliphatic carbocycles. The van der Waals surface area contributed by atoms with Crippen molar-refractivity contribution < 1.29 is 80.5 Å². The number of imidazole rings is 1. The fraction of sp³-hybridized carbons (Fsp3) is 0.692. The van der Waals surface area contributed by atoms with Crippen molar-refractivity contribution in [1.82, 2.24) is 30.2 Å². The molecule has 2 aromatic heterocycles. The Kier molecular flexibility index (Phi) is 16.1. The molecule has 25 nitrogen and oxygen atoms in total. The van der Waals surface area contributed by atoms with Crippen LogP contribution in [0.25, 0.3) is 11.2 Å². The molecule has 1 fully saturated rings. The van der Waals surface area contributed by atoms with Gasteiger partial charge in [0, 0.05) is 30.7 Å². The zero-order valence-electron chi connectivity index (χ0n) is 29.9. The van der Waals surface area contributed by atoms with Crippen molar-refractivity contribution >= 4 is 69.1 Å². The molecule has 0 saturated carbocycles. The van der Waals surface area contributed by atoms with E-state index in [2.05, 4.69) is 34.4 Å². The third-order valence-electron chi connectivity index (χ3n) is 7.94. The monoisotopic (exact) mass is 866 g/mol. The maximum absolute atomic E-state index is 12.7. The van der Waals surface area contributed by atoms with Crippen LogP contribution in [0.3, 0.4) is 0 Å². The SMILES string of the molecule is CC[C@](C)(N)C(=O)SCCNC(=O)CCNC(=O)[C@H](O)C(C)(C)COP(=O)(O)OP(=O)(O)OC[C@H]1O[C@@H](n2cnc3c(N)ncnc32)[C@H](O)[C@@H]1OP(=O)(O)O. The van der Waals surface area contributed by atoms with Crippen LogP contribution >= 0.6 is 35.2 Å². The summed E-state index contributed by atoms with van der Waals surface area (Å²) in [4.78, 5) is 87.5. The Labute approximate surface area is 317 Å². The van der Waals surface area contributed by atoms with Crippen molar-refractivity contribution in [1.29, 1.82) is 0 Å². The Bertz CT molecular complexity index is 1830. The molecule has 0 spiro atoms. The van der Waals surface area contributed by atoms with Crippen LogP contribution in [0.15, 0.2) is 12.7 Å². The number of ether oxygens (including phenoxy) is 1. The van der Waals surface area contributed by atoms with Crippen LogP contribution in [0.4, 0.5) is 5.82 Å². The van der Waals surface area contributed by atoms with Gasteiger partial charge in [0.15, 0.2) is 17.7 Å². The first kappa shape index (κ1) is 46.9. The van der Waals surface area contributed by atoms with Gasteiger partial charge in [0.2, 0.25) is 16.9 Å². The number of aromatic nitrogens is 4. The third kappa shape index (κ3) is 13.6. The van der Waals surface area contributed by atoms with E-state index >= 15 is 0 Å². The summed E-state index contributed by atoms with van der Waals surface area (Å²) in [7, 11) is -16.4. The summed E-state index contributed by atoms with van der Waals surface area (Å²) in [5.41, 5.74) is 9.13. The number of anilines is 1. The second-order valence-corrected chi connectivity index (χ2v) is 18.3. The number of thioether (sulfide) groups is 1. The number of carbonyl (C=O) groups is 3. The number of hydrogen-bond donors (Lipinski definition) is 10. The van der Waals surface area contributed by atoms with E-state index in [1.54, 1.807) is 13.8 Å². The van der Waals surface area contributed by atoms with E-state index in [4.69, 9.17) is 25.3 Å². The fourth-order valence-electron chi connectivity index (χ4n) is 4.58. The number of aliphatic hydroxyl groups is 2. The van der Waals surface area contributed by atoms with Crippen LogP contribution < -0.4 is 22.1 Å². The van der Waals surface area contributed by atoms with Crippen LogP contribution in [0.2, 0.25) is 0 Å². The Morgan fingerprint density at radius 3 is 2.35 bits per heavy atom. The molecule has 3 rings (SSSR count). The molecule has 0 radical (unpaired) electrons. The predicted molar refractivity (Wildman–Crippen MR) is 190 cm³/mol. The average Bonchev–Trinajstić information content (AvgIpc) is 3.64. The molecule has 1 aliphatic rings. The summed E-state index contributed by atoms with van der Waals surface area (Å²) in [6, 6.07) is 0. The highest BCUT2D eigenvalue weighted by Gasteiger charge is 2.50. The van der Waals surface area contributed by atoms with Gasteiger partial charge < -0.3 is 56.6 Å². The molecule has 55 heavy (non-hydrogen) atoms. The van der Waals surface area contributed by atoms with Crippen LogP contribution in [0, 0.1) is 5.41 Å². The molecule has 2 unspecified atom stereocenters. The van der Waals surface area contributed by atoms with Gasteiger partial charge >= 0.3 is 23.5 Å². The zero-order chi connectivity index (χ0) is 41.6. The number of phosphoric ester groups is 3. The molecule has 1 aliphatic heterocycles. The Balaban J connectivity index is 1.50. The highest BCUT2D eigenvalue weighted by Crippen LogP contribution is 2.61. The Hall–Kier alpha value is -2.48. The van der Waals surface area contributed by atoms with Crippen LogP contribution in [-0.4, -0.2) is 128 Å². The minimum atomic E-state index is -5.57. The second kappa shape index (κ2) is 18.9. The first-order valence-corrected chi connectivity index (χ1v) is 21.6. The lowest BCUT2D eigenvalue weighted by molar-refractivity contribution is -0.137. The molecular formula is C26H45N8O17P3S. The summed E-state index contributed by atoms with van der Waals surface area (Å²) >= 11 is 0.977. The topological polar surface area (TPSA) is 390 Å². The molecule has 8 atom stereocenters. The smallest absolute Gasteiger partial charge is 0.386 e. The van der Waals surface area contributed by atoms with E-state index in [0.29, 0.717) is 6.42 Å². The lowest BCUT2D eigenvalue weighted by atomic mass is 9.87. The van der Waals surface area contributed by atoms with Gasteiger partial charge in [-0.1, -0.05) is 32.5 Å². The molecule has 12 N–H and O–H groups in total. The van der Waals surface area contributed by atoms with Gasteiger partial charge in [0.25, 0.3) is 0 Å². The van der Waals surface area contributed by atoms with Crippen molar-refractivity contribution in [2.24, 2.45) is 11.1 Å². The van der Waals surface area contributed by atoms with Gasteiger partial charge in [0.05, 0.1) is 25.1 Å². The minimum Gasteiger partial charge on any atom is -0.386 e. The van der Waals surface area contributed by atoms with E-state index in [-0.39, 0.29) is 47.4 Å². The van der Waals surface area contributed by atoms with E-state index in [1.165, 1.54) is 13.8 Å². The number of hydrogen-bond acceptors (Lipinski definition) is 19. The maximum atomic E-state index is 12.7. The number of rotatable bonds is 21. The number of fused-ring (bicyclic) bond motifs is 1. The van der Waals surface area contributed by atoms with Crippen LogP contribution in [0.1, 0.15) is 46.8 Å². The Morgan fingerprint density at radius 2 is 1.71 bits per heavy atom. The van der Waals surface area contributed by atoms with Crippen molar-refractivity contribution in [2.45, 2.75) is 76.7 Å². The van der Waals surface area contributed by atoms with E-state index in [0.717, 1.165) is 29.0 Å². The van der Waals surface area contributed by atoms with Crippen LogP contribution in [-0.2, 0) is 50.7 Å². The first-order valence-electron chi connectivity index (χ1n) is 16.1. The van der Waals surface area contributed by atoms with E-state index < -0.39 is 90.1 Å². The molecule has 312 valence electrons. The number of carbonyl (C=O) groups excluding carboxylic acids is 3. The minimum absolute atomic E-state index is 0.0280. The molecular weight excluding hydrogens is 821 g/mol. The Morgan fingerprint density at radius 1 is 1.05 bits per heavy atom. The summed E-state index contributed by atoms with van der Waals surface area (Å²) < 4.78 is 62.0. The highest BCUT2D eigenvalue weighted by atomic mass is 32.2. The molecule has 0 bridgehead atoms. The summed E-state index contributed by atoms with van der Waals surface area (Å²) in [6.45, 7) is 3.79. The number of nitrogen functional groups attached to an aromatic ring is 1. The summed E-state index contributed by atoms with van der Waals surface area (Å²) in [5.74, 6) is -1.22. The average molecular weight is 867 g/mol. The number of phosphoric acid groups is 3. The zero-order valence-corrected chi connectivity index (χ0v) is 33.4. The van der Waals surface area contributed by atoms with Gasteiger partial charge in [-0.25, -0.2) is 28.6 Å². The van der Waals surface area contributed by atoms with Gasteiger partial charge in [-0.15, -0.1) is 0 Å². The van der Waals surface area contributed by atoms with Gasteiger partial charge in [0.1, 0.15) is 36.3 Å². The molecule has 0 aromatic carbocycles. The second-order valence-electron chi connectivity index (χ2n) is 13.0. The molecule has 2 aromatic rings. The van der Waals surface area contributed by atoms with Gasteiger partial charge in [-0.3, -0.25) is 32.5 Å². The van der Waals surface area contributed by atoms with Crippen molar-refractivity contribution in [2.75, 3.05) is 37.8 Å². The third-order valence-corrected chi connectivity index (χ3v) is 12.2. The number of nitrogens with one attached hydrogen (secondary N) is 2. The van der Waals surface area contributed by atoms with Gasteiger partial charge in [-0.2, -0.15) is 4.31 Å². The van der Waals surface area contributed by atoms with Crippen molar-refractivity contribution in [3.05, 3.63) is 12.7 Å². The maximum Gasteiger partial charge on any atom is 0.481 e. The molecule has 3 heterocycles. The predicted octanol–water partition coefficient (Wildman–Crippen LogP) is -1.21. The number of nitrogens with two attached hydrogens (primary N) is 2. The van der Waals surface area contributed by atoms with Crippen molar-refractivity contribution in [3.8, 4) is 0 Å². The van der Waals surface area contributed by atoms with Crippen molar-refractivity contribution in [3.63, 3.8) is 0 Å². The number of aliphatic hydroxyl groups excluding tert-OH is 2. The van der Waals surface area contributed by atoms with Crippen LogP contribution in [0.5, 0.6) is 0 Å². The van der Waals surface area contributed by atoms with E-state index in [1.807, 2.05) is 0 Å². The quantitative estimate of drug-likeness (QED) is 0.0520. The first-order chi connectivity index (χ1) is 25.3. The largest absolute Gasteiger partial charge is 0.481 e. The normalized spacial score (nSPS) is 23.0. The molecule has 1 saturated heterocycles. The number of amides is 2.